The van der Waals surface area contributed by atoms with Crippen LogP contribution >= 0.6 is 0 Å². The van der Waals surface area contributed by atoms with Crippen molar-refractivity contribution in [1.29, 1.82) is 5.26 Å². The van der Waals surface area contributed by atoms with Crippen LogP contribution in [0.25, 0.3) is 0 Å². The quantitative estimate of drug-likeness (QED) is 0.721. The summed E-state index contributed by atoms with van der Waals surface area (Å²) >= 11 is 0. The van der Waals surface area contributed by atoms with Crippen molar-refractivity contribution in [3.8, 4) is 6.07 Å². The monoisotopic (exact) mass is 188 g/mol. The molecule has 14 heavy (non-hydrogen) atoms. The molecule has 1 rings (SSSR count). The standard InChI is InChI=1S/C12H16N2/c1-2-11-6-5-7-12(10-11)14-9-4-3-8-13/h5-7,10,14H,2-4,9H2,1H3. The lowest BCUT2D eigenvalue weighted by atomic mass is 10.1. The van der Waals surface area contributed by atoms with Gasteiger partial charge in [0.25, 0.3) is 0 Å². The van der Waals surface area contributed by atoms with Crippen LogP contribution in [0.15, 0.2) is 24.3 Å². The molecule has 0 saturated carbocycles. The van der Waals surface area contributed by atoms with Crippen molar-refractivity contribution in [2.24, 2.45) is 0 Å². The lowest BCUT2D eigenvalue weighted by Crippen LogP contribution is -2.01. The fourth-order valence-electron chi connectivity index (χ4n) is 1.30. The van der Waals surface area contributed by atoms with Gasteiger partial charge in [0, 0.05) is 18.7 Å². The summed E-state index contributed by atoms with van der Waals surface area (Å²) in [6.07, 6.45) is 2.60. The number of hydrogen-bond acceptors (Lipinski definition) is 2. The molecule has 2 heteroatoms. The highest BCUT2D eigenvalue weighted by Crippen LogP contribution is 2.10. The van der Waals surface area contributed by atoms with Gasteiger partial charge in [-0.15, -0.1) is 0 Å². The van der Waals surface area contributed by atoms with Crippen molar-refractivity contribution in [3.63, 3.8) is 0 Å². The van der Waals surface area contributed by atoms with E-state index in [9.17, 15) is 0 Å². The van der Waals surface area contributed by atoms with E-state index in [-0.39, 0.29) is 0 Å². The van der Waals surface area contributed by atoms with Gasteiger partial charge in [-0.1, -0.05) is 19.1 Å². The predicted molar refractivity (Wildman–Crippen MR) is 59.2 cm³/mol. The van der Waals surface area contributed by atoms with E-state index in [4.69, 9.17) is 5.26 Å². The van der Waals surface area contributed by atoms with E-state index in [0.717, 1.165) is 25.1 Å². The molecule has 0 radical (unpaired) electrons. The molecule has 0 aliphatic carbocycles. The van der Waals surface area contributed by atoms with Crippen molar-refractivity contribution in [2.45, 2.75) is 26.2 Å². The first-order chi connectivity index (χ1) is 6.86. The second-order valence-corrected chi connectivity index (χ2v) is 3.24. The third-order valence-electron chi connectivity index (χ3n) is 2.13. The van der Waals surface area contributed by atoms with Gasteiger partial charge in [-0.05, 0) is 30.5 Å². The van der Waals surface area contributed by atoms with E-state index in [0.29, 0.717) is 6.42 Å². The predicted octanol–water partition coefficient (Wildman–Crippen LogP) is 2.96. The first kappa shape index (κ1) is 10.6. The van der Waals surface area contributed by atoms with E-state index in [1.165, 1.54) is 5.56 Å². The molecule has 0 aromatic heterocycles. The third kappa shape index (κ3) is 3.49. The fraction of sp³-hybridized carbons (Fsp3) is 0.417. The lowest BCUT2D eigenvalue weighted by Gasteiger charge is -2.06. The van der Waals surface area contributed by atoms with Crippen molar-refractivity contribution in [3.05, 3.63) is 29.8 Å². The van der Waals surface area contributed by atoms with E-state index >= 15 is 0 Å². The van der Waals surface area contributed by atoms with Gasteiger partial charge in [0.05, 0.1) is 6.07 Å². The van der Waals surface area contributed by atoms with Crippen LogP contribution in [0.1, 0.15) is 25.3 Å². The normalized spacial score (nSPS) is 9.43. The summed E-state index contributed by atoms with van der Waals surface area (Å²) in [6.45, 7) is 3.02. The summed E-state index contributed by atoms with van der Waals surface area (Å²) in [5.74, 6) is 0. The Hall–Kier alpha value is -1.49. The fourth-order valence-corrected chi connectivity index (χ4v) is 1.30. The zero-order chi connectivity index (χ0) is 10.2. The summed E-state index contributed by atoms with van der Waals surface area (Å²) < 4.78 is 0. The molecule has 74 valence electrons. The number of hydrogen-bond donors (Lipinski definition) is 1. The van der Waals surface area contributed by atoms with Crippen LogP contribution in [0.5, 0.6) is 0 Å². The molecule has 1 N–H and O–H groups in total. The van der Waals surface area contributed by atoms with Gasteiger partial charge in [-0.2, -0.15) is 5.26 Å². The first-order valence-corrected chi connectivity index (χ1v) is 5.06. The topological polar surface area (TPSA) is 35.8 Å². The first-order valence-electron chi connectivity index (χ1n) is 5.06. The van der Waals surface area contributed by atoms with Gasteiger partial charge in [-0.25, -0.2) is 0 Å². The Balaban J connectivity index is 2.39. The maximum absolute atomic E-state index is 8.37. The van der Waals surface area contributed by atoms with Crippen molar-refractivity contribution in [2.75, 3.05) is 11.9 Å². The second kappa shape index (κ2) is 6.04. The molecule has 0 aliphatic heterocycles. The number of anilines is 1. The lowest BCUT2D eigenvalue weighted by molar-refractivity contribution is 0.897. The molecule has 0 atom stereocenters. The molecule has 0 saturated heterocycles. The maximum atomic E-state index is 8.37. The largest absolute Gasteiger partial charge is 0.385 e. The van der Waals surface area contributed by atoms with Gasteiger partial charge in [0.1, 0.15) is 0 Å². The Kier molecular flexibility index (Phi) is 4.57. The molecular weight excluding hydrogens is 172 g/mol. The summed E-state index contributed by atoms with van der Waals surface area (Å²) in [6, 6.07) is 10.5. The van der Waals surface area contributed by atoms with Gasteiger partial charge < -0.3 is 5.32 Å². The molecular formula is C12H16N2. The third-order valence-corrected chi connectivity index (χ3v) is 2.13. The van der Waals surface area contributed by atoms with E-state index in [1.54, 1.807) is 0 Å². The Morgan fingerprint density at radius 2 is 2.29 bits per heavy atom. The van der Waals surface area contributed by atoms with Gasteiger partial charge in [-0.3, -0.25) is 0 Å². The summed E-state index contributed by atoms with van der Waals surface area (Å²) in [5.41, 5.74) is 2.50. The zero-order valence-electron chi connectivity index (χ0n) is 8.59. The van der Waals surface area contributed by atoms with Crippen molar-refractivity contribution < 1.29 is 0 Å². The highest BCUT2D eigenvalue weighted by atomic mass is 14.9. The number of unbranched alkanes of at least 4 members (excludes halogenated alkanes) is 1. The summed E-state index contributed by atoms with van der Waals surface area (Å²) in [7, 11) is 0. The van der Waals surface area contributed by atoms with Crippen LogP contribution in [0.3, 0.4) is 0 Å². The van der Waals surface area contributed by atoms with Gasteiger partial charge >= 0.3 is 0 Å². The molecule has 0 amide bonds. The average Bonchev–Trinajstić information content (AvgIpc) is 2.25. The van der Waals surface area contributed by atoms with Crippen LogP contribution in [-0.4, -0.2) is 6.54 Å². The Morgan fingerprint density at radius 3 is 3.00 bits per heavy atom. The Labute approximate surface area is 85.6 Å². The van der Waals surface area contributed by atoms with E-state index in [2.05, 4.69) is 42.6 Å². The van der Waals surface area contributed by atoms with Crippen molar-refractivity contribution >= 4 is 5.69 Å². The number of nitrogens with zero attached hydrogens (tertiary/aromatic N) is 1. The molecule has 0 heterocycles. The van der Waals surface area contributed by atoms with E-state index in [1.807, 2.05) is 0 Å². The van der Waals surface area contributed by atoms with Crippen LogP contribution < -0.4 is 5.32 Å². The Bertz CT molecular complexity index is 312. The van der Waals surface area contributed by atoms with E-state index < -0.39 is 0 Å². The molecule has 1 aromatic carbocycles. The highest BCUT2D eigenvalue weighted by molar-refractivity contribution is 5.45. The number of benzene rings is 1. The number of nitrogens with one attached hydrogen (secondary N) is 1. The van der Waals surface area contributed by atoms with Crippen LogP contribution in [0.2, 0.25) is 0 Å². The molecule has 2 nitrogen and oxygen atoms in total. The maximum Gasteiger partial charge on any atom is 0.0622 e. The second-order valence-electron chi connectivity index (χ2n) is 3.24. The van der Waals surface area contributed by atoms with Gasteiger partial charge in [0.2, 0.25) is 0 Å². The number of nitriles is 1. The van der Waals surface area contributed by atoms with Gasteiger partial charge in [0.15, 0.2) is 0 Å². The van der Waals surface area contributed by atoms with Crippen LogP contribution in [0.4, 0.5) is 5.69 Å². The molecule has 0 unspecified atom stereocenters. The smallest absolute Gasteiger partial charge is 0.0622 e. The average molecular weight is 188 g/mol. The Morgan fingerprint density at radius 1 is 1.43 bits per heavy atom. The molecule has 0 fully saturated rings. The molecule has 0 spiro atoms. The zero-order valence-corrected chi connectivity index (χ0v) is 8.59. The highest BCUT2D eigenvalue weighted by Gasteiger charge is 1.93. The minimum atomic E-state index is 0.625. The van der Waals surface area contributed by atoms with Crippen molar-refractivity contribution in [1.82, 2.24) is 0 Å². The SMILES string of the molecule is CCc1cccc(NCCCC#N)c1. The number of aryl methyl sites for hydroxylation is 1. The molecule has 1 aromatic rings. The summed E-state index contributed by atoms with van der Waals surface area (Å²) in [5, 5.41) is 11.7. The summed E-state index contributed by atoms with van der Waals surface area (Å²) in [4.78, 5) is 0. The number of rotatable bonds is 5. The van der Waals surface area contributed by atoms with Crippen LogP contribution in [-0.2, 0) is 6.42 Å². The molecule has 0 aliphatic rings. The minimum Gasteiger partial charge on any atom is -0.385 e. The molecule has 0 bridgehead atoms. The van der Waals surface area contributed by atoms with Crippen LogP contribution in [0, 0.1) is 11.3 Å². The minimum absolute atomic E-state index is 0.625.